The molecule has 0 aromatic carbocycles. The van der Waals surface area contributed by atoms with Gasteiger partial charge >= 0.3 is 0 Å². The number of nitrogens with zero attached hydrogens (tertiary/aromatic N) is 1. The van der Waals surface area contributed by atoms with Crippen LogP contribution in [0.15, 0.2) is 11.4 Å². The van der Waals surface area contributed by atoms with Crippen LogP contribution in [0.25, 0.3) is 0 Å². The molecule has 2 rings (SSSR count). The Morgan fingerprint density at radius 1 is 1.71 bits per heavy atom. The van der Waals surface area contributed by atoms with E-state index in [0.717, 1.165) is 6.54 Å². The van der Waals surface area contributed by atoms with Gasteiger partial charge in [-0.1, -0.05) is 0 Å². The summed E-state index contributed by atoms with van der Waals surface area (Å²) in [5.41, 5.74) is 6.99. The van der Waals surface area contributed by atoms with E-state index < -0.39 is 0 Å². The summed E-state index contributed by atoms with van der Waals surface area (Å²) in [5, 5.41) is 2.06. The molecule has 2 heterocycles. The van der Waals surface area contributed by atoms with Crippen molar-refractivity contribution in [2.24, 2.45) is 5.73 Å². The molecule has 0 spiro atoms. The fourth-order valence-electron chi connectivity index (χ4n) is 1.69. The van der Waals surface area contributed by atoms with Gasteiger partial charge in [-0.25, -0.2) is 0 Å². The van der Waals surface area contributed by atoms with Crippen molar-refractivity contribution in [3.63, 3.8) is 0 Å². The third-order valence-electron chi connectivity index (χ3n) is 2.55. The molecule has 1 aliphatic rings. The molecule has 3 nitrogen and oxygen atoms in total. The highest BCUT2D eigenvalue weighted by Crippen LogP contribution is 2.20. The molecular formula is C10H14N2OS. The third-order valence-corrected chi connectivity index (χ3v) is 3.55. The van der Waals surface area contributed by atoms with Gasteiger partial charge in [-0.2, -0.15) is 0 Å². The molecule has 1 atom stereocenters. The molecule has 1 fully saturated rings. The minimum absolute atomic E-state index is 0.0303. The first-order valence-corrected chi connectivity index (χ1v) is 5.61. The second-order valence-corrected chi connectivity index (χ2v) is 4.77. The number of amides is 1. The molecule has 0 bridgehead atoms. The van der Waals surface area contributed by atoms with Crippen LogP contribution >= 0.6 is 11.3 Å². The maximum Gasteiger partial charge on any atom is 0.224 e. The number of aryl methyl sites for hydroxylation is 1. The van der Waals surface area contributed by atoms with Crippen molar-refractivity contribution >= 4 is 17.2 Å². The van der Waals surface area contributed by atoms with Crippen LogP contribution < -0.4 is 5.73 Å². The van der Waals surface area contributed by atoms with Gasteiger partial charge in [0.1, 0.15) is 0 Å². The first kappa shape index (κ1) is 9.68. The molecule has 1 saturated heterocycles. The van der Waals surface area contributed by atoms with Crippen molar-refractivity contribution in [1.82, 2.24) is 4.90 Å². The Labute approximate surface area is 87.5 Å². The number of hydrogen-bond donors (Lipinski definition) is 1. The minimum atomic E-state index is 0.0303. The molecular weight excluding hydrogens is 196 g/mol. The van der Waals surface area contributed by atoms with Crippen molar-refractivity contribution < 1.29 is 4.79 Å². The average molecular weight is 210 g/mol. The summed E-state index contributed by atoms with van der Waals surface area (Å²) in [6, 6.07) is 2.11. The second-order valence-electron chi connectivity index (χ2n) is 3.77. The maximum atomic E-state index is 11.5. The molecule has 1 aromatic rings. The van der Waals surface area contributed by atoms with E-state index in [1.807, 2.05) is 4.90 Å². The standard InChI is InChI=1S/C10H14N2OS/c1-7-2-3-14-9(7)6-12-5-8(11)4-10(12)13/h2-3,8H,4-6,11H2,1H3. The van der Waals surface area contributed by atoms with Gasteiger partial charge in [-0.15, -0.1) is 11.3 Å². The molecule has 1 aromatic heterocycles. The summed E-state index contributed by atoms with van der Waals surface area (Å²) >= 11 is 1.70. The van der Waals surface area contributed by atoms with Crippen molar-refractivity contribution in [3.8, 4) is 0 Å². The number of nitrogens with two attached hydrogens (primary N) is 1. The van der Waals surface area contributed by atoms with Crippen LogP contribution in [0, 0.1) is 6.92 Å². The SMILES string of the molecule is Cc1ccsc1CN1CC(N)CC1=O. The van der Waals surface area contributed by atoms with Gasteiger partial charge in [0.2, 0.25) is 5.91 Å². The maximum absolute atomic E-state index is 11.5. The highest BCUT2D eigenvalue weighted by molar-refractivity contribution is 7.10. The first-order valence-electron chi connectivity index (χ1n) is 4.73. The van der Waals surface area contributed by atoms with Crippen molar-refractivity contribution in [2.45, 2.75) is 25.9 Å². The number of rotatable bonds is 2. The molecule has 2 N–H and O–H groups in total. The van der Waals surface area contributed by atoms with Crippen molar-refractivity contribution in [3.05, 3.63) is 21.9 Å². The zero-order chi connectivity index (χ0) is 10.1. The smallest absolute Gasteiger partial charge is 0.224 e. The lowest BCUT2D eigenvalue weighted by Gasteiger charge is -2.15. The zero-order valence-electron chi connectivity index (χ0n) is 8.19. The van der Waals surface area contributed by atoms with Crippen LogP contribution in [0.4, 0.5) is 0 Å². The Morgan fingerprint density at radius 3 is 3.00 bits per heavy atom. The quantitative estimate of drug-likeness (QED) is 0.795. The molecule has 4 heteroatoms. The fourth-order valence-corrected chi connectivity index (χ4v) is 2.62. The number of carbonyl (C=O) groups is 1. The van der Waals surface area contributed by atoms with E-state index in [1.165, 1.54) is 10.4 Å². The molecule has 1 amide bonds. The van der Waals surface area contributed by atoms with Crippen molar-refractivity contribution in [2.75, 3.05) is 6.54 Å². The average Bonchev–Trinajstić information content (AvgIpc) is 2.62. The molecule has 0 radical (unpaired) electrons. The Kier molecular flexibility index (Phi) is 2.56. The van der Waals surface area contributed by atoms with Gasteiger partial charge < -0.3 is 10.6 Å². The summed E-state index contributed by atoms with van der Waals surface area (Å²) in [7, 11) is 0. The molecule has 1 aliphatic heterocycles. The molecule has 1 unspecified atom stereocenters. The van der Waals surface area contributed by atoms with Gasteiger partial charge in [-0.05, 0) is 23.9 Å². The first-order chi connectivity index (χ1) is 6.66. The van der Waals surface area contributed by atoms with Gasteiger partial charge in [0.25, 0.3) is 0 Å². The van der Waals surface area contributed by atoms with E-state index in [4.69, 9.17) is 5.73 Å². The highest BCUT2D eigenvalue weighted by Gasteiger charge is 2.27. The number of carbonyl (C=O) groups excluding carboxylic acids is 1. The van der Waals surface area contributed by atoms with Gasteiger partial charge in [-0.3, -0.25) is 4.79 Å². The van der Waals surface area contributed by atoms with Crippen LogP contribution in [-0.2, 0) is 11.3 Å². The van der Waals surface area contributed by atoms with E-state index in [2.05, 4.69) is 18.4 Å². The van der Waals surface area contributed by atoms with Crippen LogP contribution in [0.1, 0.15) is 16.9 Å². The Bertz CT molecular complexity index is 348. The van der Waals surface area contributed by atoms with Crippen molar-refractivity contribution in [1.29, 1.82) is 0 Å². The largest absolute Gasteiger partial charge is 0.336 e. The lowest BCUT2D eigenvalue weighted by atomic mass is 10.3. The molecule has 76 valence electrons. The third kappa shape index (κ3) is 1.81. The van der Waals surface area contributed by atoms with E-state index >= 15 is 0 Å². The van der Waals surface area contributed by atoms with Crippen LogP contribution in [0.5, 0.6) is 0 Å². The van der Waals surface area contributed by atoms with Crippen LogP contribution in [0.2, 0.25) is 0 Å². The fraction of sp³-hybridized carbons (Fsp3) is 0.500. The Morgan fingerprint density at radius 2 is 2.50 bits per heavy atom. The Hall–Kier alpha value is -0.870. The predicted octanol–water partition coefficient (Wildman–Crippen LogP) is 1.12. The Balaban J connectivity index is 2.05. The van der Waals surface area contributed by atoms with Gasteiger partial charge in [0.05, 0.1) is 6.54 Å². The summed E-state index contributed by atoms with van der Waals surface area (Å²) in [6.07, 6.45) is 0.504. The summed E-state index contributed by atoms with van der Waals surface area (Å²) < 4.78 is 0. The highest BCUT2D eigenvalue weighted by atomic mass is 32.1. The van der Waals surface area contributed by atoms with Crippen LogP contribution in [-0.4, -0.2) is 23.4 Å². The number of likely N-dealkylation sites (tertiary alicyclic amines) is 1. The summed E-state index contributed by atoms with van der Waals surface area (Å²) in [6.45, 7) is 3.51. The molecule has 0 saturated carbocycles. The predicted molar refractivity (Wildman–Crippen MR) is 57.1 cm³/mol. The number of thiophene rings is 1. The molecule has 14 heavy (non-hydrogen) atoms. The topological polar surface area (TPSA) is 46.3 Å². The van der Waals surface area contributed by atoms with E-state index in [9.17, 15) is 4.79 Å². The zero-order valence-corrected chi connectivity index (χ0v) is 9.01. The number of hydrogen-bond acceptors (Lipinski definition) is 3. The van der Waals surface area contributed by atoms with E-state index in [1.54, 1.807) is 11.3 Å². The monoisotopic (exact) mass is 210 g/mol. The van der Waals surface area contributed by atoms with Crippen LogP contribution in [0.3, 0.4) is 0 Å². The molecule has 0 aliphatic carbocycles. The summed E-state index contributed by atoms with van der Waals surface area (Å²) in [4.78, 5) is 14.6. The van der Waals surface area contributed by atoms with Gasteiger partial charge in [0.15, 0.2) is 0 Å². The summed E-state index contributed by atoms with van der Waals surface area (Å²) in [5.74, 6) is 0.185. The van der Waals surface area contributed by atoms with E-state index in [-0.39, 0.29) is 11.9 Å². The normalized spacial score (nSPS) is 22.0. The minimum Gasteiger partial charge on any atom is -0.336 e. The lowest BCUT2D eigenvalue weighted by molar-refractivity contribution is -0.128. The van der Waals surface area contributed by atoms with E-state index in [0.29, 0.717) is 13.0 Å². The second kappa shape index (κ2) is 3.71. The lowest BCUT2D eigenvalue weighted by Crippen LogP contribution is -2.27. The van der Waals surface area contributed by atoms with Gasteiger partial charge in [0, 0.05) is 23.9 Å².